The average molecular weight is 1470 g/mol. The fraction of sp³-hybridized carbons (Fsp3) is 0.766. The maximum atomic E-state index is 12.9. The Kier molecular flexibility index (Phi) is 80.6. The van der Waals surface area contributed by atoms with Crippen LogP contribution >= 0.6 is 7.82 Å². The Labute approximate surface area is 645 Å². The van der Waals surface area contributed by atoms with E-state index in [1.165, 1.54) is 289 Å². The lowest BCUT2D eigenvalue weighted by molar-refractivity contribution is -0.870. The van der Waals surface area contributed by atoms with Gasteiger partial charge in [-0.2, -0.15) is 0 Å². The van der Waals surface area contributed by atoms with Crippen molar-refractivity contribution in [3.63, 3.8) is 0 Å². The quantitative estimate of drug-likeness (QED) is 0.0211. The highest BCUT2D eigenvalue weighted by Crippen LogP contribution is 2.43. The van der Waals surface area contributed by atoms with E-state index in [1.54, 1.807) is 0 Å². The smallest absolute Gasteiger partial charge is 0.462 e. The van der Waals surface area contributed by atoms with Gasteiger partial charge in [-0.3, -0.25) is 18.6 Å². The first-order valence-corrected chi connectivity index (χ1v) is 45.8. The predicted molar refractivity (Wildman–Crippen MR) is 454 cm³/mol. The largest absolute Gasteiger partial charge is 0.472 e. The van der Waals surface area contributed by atoms with Crippen molar-refractivity contribution in [3.05, 3.63) is 122 Å². The van der Waals surface area contributed by atoms with Crippen molar-refractivity contribution in [3.8, 4) is 0 Å². The van der Waals surface area contributed by atoms with E-state index in [2.05, 4.69) is 135 Å². The molecule has 0 aromatic carbocycles. The van der Waals surface area contributed by atoms with Crippen LogP contribution in [0.4, 0.5) is 0 Å². The summed E-state index contributed by atoms with van der Waals surface area (Å²) in [7, 11) is 1.49. The molecule has 0 radical (unpaired) electrons. The van der Waals surface area contributed by atoms with Gasteiger partial charge in [0.05, 0.1) is 27.7 Å². The molecule has 0 aromatic heterocycles. The molecular formula is C94H169NO8P+. The second-order valence-electron chi connectivity index (χ2n) is 30.9. The number of likely N-dealkylation sites (N-methyl/N-ethyl adjacent to an activating group) is 1. The molecule has 0 heterocycles. The van der Waals surface area contributed by atoms with Gasteiger partial charge in [-0.25, -0.2) is 4.57 Å². The van der Waals surface area contributed by atoms with Crippen molar-refractivity contribution in [1.82, 2.24) is 0 Å². The molecule has 2 atom stereocenters. The van der Waals surface area contributed by atoms with Crippen molar-refractivity contribution in [2.75, 3.05) is 47.5 Å². The van der Waals surface area contributed by atoms with Crippen molar-refractivity contribution in [1.29, 1.82) is 0 Å². The molecule has 10 heteroatoms. The van der Waals surface area contributed by atoms with E-state index < -0.39 is 26.5 Å². The molecule has 0 aliphatic carbocycles. The molecule has 0 aromatic rings. The zero-order chi connectivity index (χ0) is 75.4. The van der Waals surface area contributed by atoms with Gasteiger partial charge in [0, 0.05) is 12.8 Å². The summed E-state index contributed by atoms with van der Waals surface area (Å²) in [6.07, 6.45) is 121. The summed E-state index contributed by atoms with van der Waals surface area (Å²) in [6.45, 7) is 4.36. The molecule has 0 amide bonds. The number of allylic oxidation sites excluding steroid dienone is 20. The molecule has 0 saturated carbocycles. The Hall–Kier alpha value is -3.59. The van der Waals surface area contributed by atoms with Gasteiger partial charge in [-0.05, 0) is 109 Å². The summed E-state index contributed by atoms with van der Waals surface area (Å²) >= 11 is 0. The van der Waals surface area contributed by atoms with Gasteiger partial charge in [0.2, 0.25) is 0 Å². The second-order valence-corrected chi connectivity index (χ2v) is 32.4. The number of unbranched alkanes of at least 4 members (excludes halogenated alkanes) is 48. The Morgan fingerprint density at radius 3 is 0.817 bits per heavy atom. The molecule has 0 rings (SSSR count). The van der Waals surface area contributed by atoms with Gasteiger partial charge >= 0.3 is 19.8 Å². The number of phosphoric acid groups is 1. The number of esters is 2. The highest BCUT2D eigenvalue weighted by molar-refractivity contribution is 7.47. The van der Waals surface area contributed by atoms with Crippen molar-refractivity contribution < 1.29 is 42.1 Å². The summed E-state index contributed by atoms with van der Waals surface area (Å²) in [5, 5.41) is 0. The van der Waals surface area contributed by atoms with Crippen molar-refractivity contribution in [2.45, 2.75) is 418 Å². The number of carbonyl (C=O) groups is 2. The van der Waals surface area contributed by atoms with Gasteiger partial charge in [0.25, 0.3) is 0 Å². The standard InChI is InChI=1S/C94H168NO8P/c1-6-8-10-12-14-16-18-20-22-24-26-28-30-32-34-36-38-40-42-44-46-47-49-51-53-55-57-59-61-63-65-67-69-71-73-75-77-79-81-83-85-87-94(97)103-92(91-102-104(98,99)101-89-88-95(3,4)5)90-100-93(96)86-84-82-80-78-76-74-72-70-68-66-64-62-60-58-56-54-52-50-48-45-43-41-39-37-35-33-31-29-27-25-23-21-19-17-15-13-11-9-7-2/h8,10,14,16,19-22,25-28,32,34,38,40,44,46,49,51,92H,6-7,9,11-13,15,17-18,23-24,29-31,33,35-37,39,41-43,45,47-48,50,52-91H2,1-5H3/p+1/b10-8-,16-14-,21-19-,22-20-,27-25-,28-26-,34-32-,40-38-,46-44-,51-49-. The van der Waals surface area contributed by atoms with E-state index in [-0.39, 0.29) is 25.6 Å². The fourth-order valence-corrected chi connectivity index (χ4v) is 13.5. The SMILES string of the molecule is CC/C=C\C/C=C\C/C=C\C/C=C\C/C=C\C/C=C\C/C=C\C/C=C\CCCCCCCCCCCCCCCCCCC(=O)OC(COC(=O)CCCCCCCCCCCCCCCCCCCCCCCCCCCCC/C=C\C/C=C\CCCCCCC)COP(=O)(O)OCC[N+](C)(C)C. The van der Waals surface area contributed by atoms with E-state index >= 15 is 0 Å². The number of rotatable bonds is 82. The third-order valence-corrected chi connectivity index (χ3v) is 20.5. The zero-order valence-electron chi connectivity index (χ0n) is 69.0. The summed E-state index contributed by atoms with van der Waals surface area (Å²) in [6, 6.07) is 0. The molecule has 0 fully saturated rings. The molecule has 0 saturated heterocycles. The van der Waals surface area contributed by atoms with Gasteiger partial charge in [0.15, 0.2) is 6.10 Å². The molecular weight excluding hydrogens is 1300 g/mol. The molecule has 1 N–H and O–H groups in total. The highest BCUT2D eigenvalue weighted by Gasteiger charge is 2.27. The molecule has 602 valence electrons. The van der Waals surface area contributed by atoms with Crippen LogP contribution in [0.3, 0.4) is 0 Å². The predicted octanol–water partition coefficient (Wildman–Crippen LogP) is 30.1. The number of hydrogen-bond acceptors (Lipinski definition) is 7. The summed E-state index contributed by atoms with van der Waals surface area (Å²) in [5.41, 5.74) is 0. The Morgan fingerprint density at radius 2 is 0.548 bits per heavy atom. The first-order chi connectivity index (χ1) is 51.0. The number of carbonyl (C=O) groups excluding carboxylic acids is 2. The molecule has 0 aliphatic heterocycles. The maximum absolute atomic E-state index is 12.9. The number of phosphoric ester groups is 1. The molecule has 0 bridgehead atoms. The number of nitrogens with zero attached hydrogens (tertiary/aromatic N) is 1. The van der Waals surface area contributed by atoms with Crippen LogP contribution in [0.25, 0.3) is 0 Å². The lowest BCUT2D eigenvalue weighted by atomic mass is 10.0. The lowest BCUT2D eigenvalue weighted by Gasteiger charge is -2.24. The third kappa shape index (κ3) is 87.3. The van der Waals surface area contributed by atoms with Crippen LogP contribution in [-0.4, -0.2) is 74.9 Å². The maximum Gasteiger partial charge on any atom is 0.472 e. The van der Waals surface area contributed by atoms with Gasteiger partial charge in [-0.1, -0.05) is 411 Å². The Morgan fingerprint density at radius 1 is 0.308 bits per heavy atom. The van der Waals surface area contributed by atoms with E-state index in [0.29, 0.717) is 23.9 Å². The molecule has 104 heavy (non-hydrogen) atoms. The monoisotopic (exact) mass is 1470 g/mol. The lowest BCUT2D eigenvalue weighted by Crippen LogP contribution is -2.37. The Balaban J connectivity index is 3.90. The van der Waals surface area contributed by atoms with Crippen LogP contribution in [0.2, 0.25) is 0 Å². The minimum atomic E-state index is -4.40. The minimum absolute atomic E-state index is 0.0307. The second kappa shape index (κ2) is 83.4. The third-order valence-electron chi connectivity index (χ3n) is 19.5. The van der Waals surface area contributed by atoms with Crippen LogP contribution in [0, 0.1) is 0 Å². The molecule has 0 spiro atoms. The van der Waals surface area contributed by atoms with Crippen molar-refractivity contribution in [2.24, 2.45) is 0 Å². The van der Waals surface area contributed by atoms with E-state index in [1.807, 2.05) is 21.1 Å². The summed E-state index contributed by atoms with van der Waals surface area (Å²) in [5.74, 6) is -0.781. The number of ether oxygens (including phenoxy) is 2. The summed E-state index contributed by atoms with van der Waals surface area (Å²) in [4.78, 5) is 36.1. The number of hydrogen-bond donors (Lipinski definition) is 1. The first kappa shape index (κ1) is 100. The molecule has 0 aliphatic rings. The topological polar surface area (TPSA) is 108 Å². The average Bonchev–Trinajstić information content (AvgIpc) is 0.920. The van der Waals surface area contributed by atoms with Crippen LogP contribution in [0.1, 0.15) is 412 Å². The minimum Gasteiger partial charge on any atom is -0.462 e. The van der Waals surface area contributed by atoms with Crippen LogP contribution in [-0.2, 0) is 32.7 Å². The van der Waals surface area contributed by atoms with Crippen LogP contribution < -0.4 is 0 Å². The zero-order valence-corrected chi connectivity index (χ0v) is 69.9. The number of quaternary nitrogens is 1. The molecule has 2 unspecified atom stereocenters. The highest BCUT2D eigenvalue weighted by atomic mass is 31.2. The van der Waals surface area contributed by atoms with Crippen LogP contribution in [0.5, 0.6) is 0 Å². The van der Waals surface area contributed by atoms with E-state index in [0.717, 1.165) is 89.9 Å². The first-order valence-electron chi connectivity index (χ1n) is 44.3. The summed E-state index contributed by atoms with van der Waals surface area (Å²) < 4.78 is 34.9. The molecule has 9 nitrogen and oxygen atoms in total. The van der Waals surface area contributed by atoms with Crippen molar-refractivity contribution >= 4 is 19.8 Å². The van der Waals surface area contributed by atoms with E-state index in [4.69, 9.17) is 18.5 Å². The van der Waals surface area contributed by atoms with Gasteiger partial charge < -0.3 is 18.9 Å². The normalized spacial score (nSPS) is 13.6. The fourth-order valence-electron chi connectivity index (χ4n) is 12.8. The Bertz CT molecular complexity index is 2180. The van der Waals surface area contributed by atoms with Crippen LogP contribution in [0.15, 0.2) is 122 Å². The van der Waals surface area contributed by atoms with E-state index in [9.17, 15) is 19.0 Å². The van der Waals surface area contributed by atoms with Gasteiger partial charge in [-0.15, -0.1) is 0 Å². The van der Waals surface area contributed by atoms with Gasteiger partial charge in [0.1, 0.15) is 19.8 Å².